The number of amides is 1. The number of ether oxygens (including phenoxy) is 1. The molecule has 0 spiro atoms. The molecule has 0 aliphatic heterocycles. The van der Waals surface area contributed by atoms with Crippen LogP contribution in [-0.2, 0) is 14.8 Å². The Morgan fingerprint density at radius 2 is 1.65 bits per heavy atom. The molecule has 1 N–H and O–H groups in total. The molecule has 1 amide bonds. The molecule has 162 valence electrons. The van der Waals surface area contributed by atoms with Crippen LogP contribution in [0.2, 0.25) is 5.02 Å². The molecule has 3 aromatic rings. The average Bonchev–Trinajstić information content (AvgIpc) is 2.75. The molecule has 0 radical (unpaired) electrons. The molecule has 0 fully saturated rings. The Kier molecular flexibility index (Phi) is 7.20. The molecule has 8 heteroatoms. The first-order chi connectivity index (χ1) is 14.8. The van der Waals surface area contributed by atoms with Gasteiger partial charge in [0, 0.05) is 6.54 Å². The summed E-state index contributed by atoms with van der Waals surface area (Å²) in [5, 5.41) is 3.12. The van der Waals surface area contributed by atoms with Crippen molar-refractivity contribution in [2.75, 3.05) is 22.8 Å². The molecule has 0 saturated heterocycles. The summed E-state index contributed by atoms with van der Waals surface area (Å²) in [4.78, 5) is 12.3. The quantitative estimate of drug-likeness (QED) is 0.522. The van der Waals surface area contributed by atoms with E-state index >= 15 is 0 Å². The summed E-state index contributed by atoms with van der Waals surface area (Å²) >= 11 is 6.03. The number of nitrogens with one attached hydrogen (secondary N) is 1. The highest BCUT2D eigenvalue weighted by Crippen LogP contribution is 2.26. The van der Waals surface area contributed by atoms with Gasteiger partial charge in [-0.2, -0.15) is 0 Å². The molecular formula is C23H23ClN2O4S. The number of carbonyl (C=O) groups excluding carboxylic acids is 1. The first-order valence-electron chi connectivity index (χ1n) is 9.68. The Labute approximate surface area is 187 Å². The van der Waals surface area contributed by atoms with Crippen LogP contribution in [0.5, 0.6) is 5.75 Å². The first kappa shape index (κ1) is 22.7. The number of rotatable bonds is 8. The van der Waals surface area contributed by atoms with Crippen LogP contribution in [0.4, 0.5) is 11.4 Å². The Hall–Kier alpha value is -3.03. The second-order valence-corrected chi connectivity index (χ2v) is 9.06. The van der Waals surface area contributed by atoms with E-state index in [9.17, 15) is 13.2 Å². The number of carbonyl (C=O) groups is 1. The predicted molar refractivity (Wildman–Crippen MR) is 123 cm³/mol. The van der Waals surface area contributed by atoms with Gasteiger partial charge in [-0.15, -0.1) is 0 Å². The molecule has 0 atom stereocenters. The van der Waals surface area contributed by atoms with Crippen LogP contribution in [0.15, 0.2) is 77.7 Å². The first-order valence-corrected chi connectivity index (χ1v) is 11.5. The van der Waals surface area contributed by atoms with Crippen LogP contribution in [0.25, 0.3) is 0 Å². The number of halogens is 1. The van der Waals surface area contributed by atoms with Gasteiger partial charge in [0.15, 0.2) is 6.61 Å². The van der Waals surface area contributed by atoms with Gasteiger partial charge in [-0.1, -0.05) is 41.4 Å². The van der Waals surface area contributed by atoms with E-state index in [0.29, 0.717) is 22.1 Å². The van der Waals surface area contributed by atoms with Crippen molar-refractivity contribution in [3.63, 3.8) is 0 Å². The second-order valence-electron chi connectivity index (χ2n) is 6.79. The average molecular weight is 459 g/mol. The van der Waals surface area contributed by atoms with E-state index in [-0.39, 0.29) is 24.0 Å². The maximum Gasteiger partial charge on any atom is 0.264 e. The van der Waals surface area contributed by atoms with Crippen LogP contribution in [0, 0.1) is 6.92 Å². The lowest BCUT2D eigenvalue weighted by Crippen LogP contribution is -2.30. The molecule has 3 rings (SSSR count). The van der Waals surface area contributed by atoms with Crippen LogP contribution in [-0.4, -0.2) is 27.5 Å². The van der Waals surface area contributed by atoms with Crippen LogP contribution in [0.3, 0.4) is 0 Å². The third-order valence-corrected chi connectivity index (χ3v) is 6.79. The van der Waals surface area contributed by atoms with Gasteiger partial charge in [0.25, 0.3) is 15.9 Å². The Balaban J connectivity index is 1.66. The summed E-state index contributed by atoms with van der Waals surface area (Å²) < 4.78 is 32.8. The van der Waals surface area contributed by atoms with E-state index in [1.165, 1.54) is 4.31 Å². The summed E-state index contributed by atoms with van der Waals surface area (Å²) in [5.41, 5.74) is 2.01. The molecule has 31 heavy (non-hydrogen) atoms. The van der Waals surface area contributed by atoms with Crippen molar-refractivity contribution in [3.8, 4) is 5.75 Å². The third kappa shape index (κ3) is 5.57. The maximum atomic E-state index is 13.0. The fourth-order valence-electron chi connectivity index (χ4n) is 2.94. The van der Waals surface area contributed by atoms with Crippen molar-refractivity contribution in [1.82, 2.24) is 0 Å². The highest BCUT2D eigenvalue weighted by molar-refractivity contribution is 7.92. The van der Waals surface area contributed by atoms with Gasteiger partial charge in [0.05, 0.1) is 21.3 Å². The van der Waals surface area contributed by atoms with Crippen LogP contribution in [0.1, 0.15) is 12.5 Å². The minimum atomic E-state index is -3.68. The van der Waals surface area contributed by atoms with Crippen molar-refractivity contribution < 1.29 is 17.9 Å². The van der Waals surface area contributed by atoms with E-state index in [4.69, 9.17) is 16.3 Å². The van der Waals surface area contributed by atoms with Gasteiger partial charge in [-0.3, -0.25) is 9.10 Å². The fraction of sp³-hybridized carbons (Fsp3) is 0.174. The fourth-order valence-corrected chi connectivity index (χ4v) is 4.59. The van der Waals surface area contributed by atoms with Crippen molar-refractivity contribution in [1.29, 1.82) is 0 Å². The zero-order valence-corrected chi connectivity index (χ0v) is 18.8. The zero-order chi connectivity index (χ0) is 22.4. The van der Waals surface area contributed by atoms with Gasteiger partial charge < -0.3 is 10.1 Å². The van der Waals surface area contributed by atoms with E-state index in [1.54, 1.807) is 79.7 Å². The number of anilines is 2. The monoisotopic (exact) mass is 458 g/mol. The number of benzene rings is 3. The summed E-state index contributed by atoms with van der Waals surface area (Å²) in [5.74, 6) is 0.0937. The maximum absolute atomic E-state index is 13.0. The molecule has 0 heterocycles. The second kappa shape index (κ2) is 9.85. The zero-order valence-electron chi connectivity index (χ0n) is 17.2. The lowest BCUT2D eigenvalue weighted by molar-refractivity contribution is -0.118. The van der Waals surface area contributed by atoms with Crippen LogP contribution >= 0.6 is 11.6 Å². The molecule has 0 unspecified atom stereocenters. The standard InChI is InChI=1S/C23H23ClN2O4S/c1-3-26(31(28,29)20-14-8-17(2)9-15-20)18-10-12-19(13-11-18)30-16-23(27)25-22-7-5-4-6-21(22)24/h4-15H,3,16H2,1-2H3,(H,25,27). The Morgan fingerprint density at radius 1 is 1.00 bits per heavy atom. The molecule has 0 bridgehead atoms. The van der Waals surface area contributed by atoms with Crippen molar-refractivity contribution >= 4 is 38.9 Å². The van der Waals surface area contributed by atoms with Gasteiger partial charge in [-0.25, -0.2) is 8.42 Å². The molecule has 0 aliphatic carbocycles. The molecule has 0 aromatic heterocycles. The molecular weight excluding hydrogens is 436 g/mol. The number of para-hydroxylation sites is 1. The van der Waals surface area contributed by atoms with E-state index in [1.807, 2.05) is 6.92 Å². The van der Waals surface area contributed by atoms with Gasteiger partial charge in [-0.05, 0) is 62.4 Å². The Morgan fingerprint density at radius 3 is 2.26 bits per heavy atom. The summed E-state index contributed by atoms with van der Waals surface area (Å²) in [6, 6.07) is 20.2. The minimum Gasteiger partial charge on any atom is -0.484 e. The smallest absolute Gasteiger partial charge is 0.264 e. The summed E-state index contributed by atoms with van der Waals surface area (Å²) in [6.07, 6.45) is 0. The number of aryl methyl sites for hydroxylation is 1. The number of hydrogen-bond donors (Lipinski definition) is 1. The number of hydrogen-bond acceptors (Lipinski definition) is 4. The predicted octanol–water partition coefficient (Wildman–Crippen LogP) is 4.88. The lowest BCUT2D eigenvalue weighted by atomic mass is 10.2. The van der Waals surface area contributed by atoms with Gasteiger partial charge in [0.1, 0.15) is 5.75 Å². The van der Waals surface area contributed by atoms with Crippen molar-refractivity contribution in [2.24, 2.45) is 0 Å². The molecule has 3 aromatic carbocycles. The normalized spacial score (nSPS) is 11.1. The molecule has 0 saturated carbocycles. The van der Waals surface area contributed by atoms with Gasteiger partial charge >= 0.3 is 0 Å². The molecule has 0 aliphatic rings. The number of nitrogens with zero attached hydrogens (tertiary/aromatic N) is 1. The highest BCUT2D eigenvalue weighted by Gasteiger charge is 2.23. The van der Waals surface area contributed by atoms with Crippen molar-refractivity contribution in [3.05, 3.63) is 83.4 Å². The van der Waals surface area contributed by atoms with E-state index < -0.39 is 10.0 Å². The lowest BCUT2D eigenvalue weighted by Gasteiger charge is -2.23. The summed E-state index contributed by atoms with van der Waals surface area (Å²) in [6.45, 7) is 3.75. The highest BCUT2D eigenvalue weighted by atomic mass is 35.5. The van der Waals surface area contributed by atoms with Crippen molar-refractivity contribution in [2.45, 2.75) is 18.7 Å². The third-order valence-electron chi connectivity index (χ3n) is 4.54. The number of sulfonamides is 1. The topological polar surface area (TPSA) is 75.7 Å². The van der Waals surface area contributed by atoms with E-state index in [0.717, 1.165) is 5.56 Å². The van der Waals surface area contributed by atoms with Gasteiger partial charge in [0.2, 0.25) is 0 Å². The Bertz CT molecular complexity index is 1150. The molecule has 6 nitrogen and oxygen atoms in total. The SMILES string of the molecule is CCN(c1ccc(OCC(=O)Nc2ccccc2Cl)cc1)S(=O)(=O)c1ccc(C)cc1. The van der Waals surface area contributed by atoms with E-state index in [2.05, 4.69) is 5.32 Å². The van der Waals surface area contributed by atoms with Crippen LogP contribution < -0.4 is 14.4 Å². The minimum absolute atomic E-state index is 0.205. The largest absolute Gasteiger partial charge is 0.484 e. The summed E-state index contributed by atoms with van der Waals surface area (Å²) in [7, 11) is -3.68.